The summed E-state index contributed by atoms with van der Waals surface area (Å²) in [4.78, 5) is 8.86. The van der Waals surface area contributed by atoms with Crippen molar-refractivity contribution in [2.75, 3.05) is 0 Å². The van der Waals surface area contributed by atoms with Crippen LogP contribution >= 0.6 is 23.3 Å². The van der Waals surface area contributed by atoms with Crippen molar-refractivity contribution in [3.05, 3.63) is 54.9 Å². The van der Waals surface area contributed by atoms with Gasteiger partial charge in [-0.05, 0) is 48.3 Å². The van der Waals surface area contributed by atoms with Crippen LogP contribution in [-0.2, 0) is 0 Å². The molecule has 0 amide bonds. The minimum absolute atomic E-state index is 0.422. The molecule has 3 aromatic heterocycles. The normalized spacial score (nSPS) is 14.9. The van der Waals surface area contributed by atoms with E-state index in [0.717, 1.165) is 45.1 Å². The zero-order chi connectivity index (χ0) is 19.5. The first-order valence-corrected chi connectivity index (χ1v) is 11.4. The first kappa shape index (κ1) is 18.4. The highest BCUT2D eigenvalue weighted by Gasteiger charge is 2.25. The molecule has 146 valence electrons. The quantitative estimate of drug-likeness (QED) is 0.424. The Balaban J connectivity index is 1.48. The van der Waals surface area contributed by atoms with Crippen molar-refractivity contribution in [2.45, 2.75) is 47.6 Å². The Hall–Kier alpha value is -2.58. The minimum Gasteiger partial charge on any atom is -0.299 e. The predicted molar refractivity (Wildman–Crippen MR) is 115 cm³/mol. The highest BCUT2D eigenvalue weighted by molar-refractivity contribution is 8.00. The molecule has 0 N–H and O–H groups in total. The van der Waals surface area contributed by atoms with Gasteiger partial charge in [-0.25, -0.2) is 4.98 Å². The molecule has 1 fully saturated rings. The lowest BCUT2D eigenvalue weighted by Gasteiger charge is -2.25. The molecule has 6 nitrogen and oxygen atoms in total. The molecule has 0 aliphatic heterocycles. The molecule has 0 atom stereocenters. The molecule has 8 heteroatoms. The van der Waals surface area contributed by atoms with Crippen LogP contribution in [-0.4, -0.2) is 29.1 Å². The minimum atomic E-state index is 0.422. The van der Waals surface area contributed by atoms with Crippen LogP contribution in [0.4, 0.5) is 0 Å². The Morgan fingerprint density at radius 1 is 0.897 bits per heavy atom. The van der Waals surface area contributed by atoms with Gasteiger partial charge in [-0.1, -0.05) is 49.6 Å². The van der Waals surface area contributed by atoms with Gasteiger partial charge in [0.2, 0.25) is 0 Å². The standard InChI is InChI=1S/C21H20N6S2/c1-3-7-15(8-4-1)18-23-21(29-26-18)28-20-25-24-19(16-11-13-22-14-12-16)27(20)17-9-5-2-6-10-17/h1,3-4,7-8,11-14,17H,2,5-6,9-10H2. The first-order valence-electron chi connectivity index (χ1n) is 9.81. The molecule has 3 heterocycles. The second-order valence-electron chi connectivity index (χ2n) is 7.06. The molecular weight excluding hydrogens is 400 g/mol. The van der Waals surface area contributed by atoms with Crippen molar-refractivity contribution < 1.29 is 0 Å². The average molecular weight is 421 g/mol. The summed E-state index contributed by atoms with van der Waals surface area (Å²) in [6.07, 6.45) is 9.74. The lowest BCUT2D eigenvalue weighted by atomic mass is 9.95. The number of nitrogens with zero attached hydrogens (tertiary/aromatic N) is 6. The van der Waals surface area contributed by atoms with Gasteiger partial charge in [0.25, 0.3) is 0 Å². The summed E-state index contributed by atoms with van der Waals surface area (Å²) >= 11 is 2.97. The van der Waals surface area contributed by atoms with E-state index in [2.05, 4.69) is 24.1 Å². The molecule has 4 aromatic rings. The van der Waals surface area contributed by atoms with Crippen LogP contribution in [0.1, 0.15) is 38.1 Å². The van der Waals surface area contributed by atoms with E-state index < -0.39 is 0 Å². The summed E-state index contributed by atoms with van der Waals surface area (Å²) in [5.41, 5.74) is 2.08. The van der Waals surface area contributed by atoms with Crippen molar-refractivity contribution >= 4 is 23.3 Å². The molecule has 1 aliphatic carbocycles. The fourth-order valence-corrected chi connectivity index (χ4v) is 5.37. The Kier molecular flexibility index (Phi) is 5.36. The van der Waals surface area contributed by atoms with Crippen molar-refractivity contribution in [1.82, 2.24) is 29.1 Å². The molecule has 0 radical (unpaired) electrons. The third kappa shape index (κ3) is 3.95. The highest BCUT2D eigenvalue weighted by Crippen LogP contribution is 2.38. The van der Waals surface area contributed by atoms with Crippen LogP contribution in [0.15, 0.2) is 64.4 Å². The van der Waals surface area contributed by atoms with Crippen molar-refractivity contribution in [1.29, 1.82) is 0 Å². The van der Waals surface area contributed by atoms with E-state index in [9.17, 15) is 0 Å². The van der Waals surface area contributed by atoms with Crippen molar-refractivity contribution in [3.8, 4) is 22.8 Å². The summed E-state index contributed by atoms with van der Waals surface area (Å²) < 4.78 is 7.73. The van der Waals surface area contributed by atoms with Gasteiger partial charge >= 0.3 is 0 Å². The van der Waals surface area contributed by atoms with E-state index in [4.69, 9.17) is 4.98 Å². The van der Waals surface area contributed by atoms with Gasteiger partial charge in [0.15, 0.2) is 21.1 Å². The lowest BCUT2D eigenvalue weighted by molar-refractivity contribution is 0.339. The largest absolute Gasteiger partial charge is 0.299 e. The van der Waals surface area contributed by atoms with E-state index in [0.29, 0.717) is 6.04 Å². The number of pyridine rings is 1. The lowest BCUT2D eigenvalue weighted by Crippen LogP contribution is -2.15. The third-order valence-corrected chi connectivity index (χ3v) is 6.87. The molecule has 0 unspecified atom stereocenters. The van der Waals surface area contributed by atoms with Crippen molar-refractivity contribution in [3.63, 3.8) is 0 Å². The zero-order valence-electron chi connectivity index (χ0n) is 15.8. The maximum atomic E-state index is 4.72. The molecular formula is C21H20N6S2. The van der Waals surface area contributed by atoms with Crippen LogP contribution in [0, 0.1) is 0 Å². The first-order chi connectivity index (χ1) is 14.4. The molecule has 0 spiro atoms. The molecule has 0 saturated heterocycles. The van der Waals surface area contributed by atoms with Gasteiger partial charge in [0, 0.05) is 29.6 Å². The Labute approximate surface area is 177 Å². The highest BCUT2D eigenvalue weighted by atomic mass is 32.2. The molecule has 0 bridgehead atoms. The van der Waals surface area contributed by atoms with Gasteiger partial charge in [-0.15, -0.1) is 10.2 Å². The fraction of sp³-hybridized carbons (Fsp3) is 0.286. The van der Waals surface area contributed by atoms with E-state index in [1.807, 2.05) is 42.5 Å². The monoisotopic (exact) mass is 420 g/mol. The smallest absolute Gasteiger partial charge is 0.198 e. The summed E-state index contributed by atoms with van der Waals surface area (Å²) in [7, 11) is 0. The molecule has 1 aliphatic rings. The topological polar surface area (TPSA) is 69.4 Å². The fourth-order valence-electron chi connectivity index (χ4n) is 3.75. The molecule has 1 aromatic carbocycles. The second kappa shape index (κ2) is 8.42. The number of hydrogen-bond donors (Lipinski definition) is 0. The predicted octanol–water partition coefficient (Wildman–Crippen LogP) is 5.52. The number of hydrogen-bond acceptors (Lipinski definition) is 7. The van der Waals surface area contributed by atoms with Crippen LogP contribution in [0.2, 0.25) is 0 Å². The molecule has 5 rings (SSSR count). The maximum absolute atomic E-state index is 4.72. The van der Waals surface area contributed by atoms with E-state index in [1.54, 1.807) is 24.2 Å². The Bertz CT molecular complexity index is 1070. The second-order valence-corrected chi connectivity index (χ2v) is 9.02. The van der Waals surface area contributed by atoms with Crippen LogP contribution in [0.5, 0.6) is 0 Å². The van der Waals surface area contributed by atoms with E-state index >= 15 is 0 Å². The van der Waals surface area contributed by atoms with Gasteiger partial charge < -0.3 is 0 Å². The van der Waals surface area contributed by atoms with Gasteiger partial charge in [0.05, 0.1) is 0 Å². The van der Waals surface area contributed by atoms with Gasteiger partial charge in [-0.2, -0.15) is 4.37 Å². The summed E-state index contributed by atoms with van der Waals surface area (Å²) in [6, 6.07) is 14.5. The molecule has 1 saturated carbocycles. The Morgan fingerprint density at radius 3 is 2.48 bits per heavy atom. The maximum Gasteiger partial charge on any atom is 0.198 e. The summed E-state index contributed by atoms with van der Waals surface area (Å²) in [5, 5.41) is 9.97. The van der Waals surface area contributed by atoms with Crippen LogP contribution in [0.3, 0.4) is 0 Å². The summed E-state index contributed by atoms with van der Waals surface area (Å²) in [6.45, 7) is 0. The molecule has 29 heavy (non-hydrogen) atoms. The van der Waals surface area contributed by atoms with E-state index in [-0.39, 0.29) is 0 Å². The number of benzene rings is 1. The SMILES string of the molecule is c1ccc(-c2nsc(Sc3nnc(-c4ccncc4)n3C3CCCCC3)n2)cc1. The van der Waals surface area contributed by atoms with Crippen LogP contribution in [0.25, 0.3) is 22.8 Å². The van der Waals surface area contributed by atoms with Gasteiger partial charge in [0.1, 0.15) is 0 Å². The Morgan fingerprint density at radius 2 is 1.69 bits per heavy atom. The average Bonchev–Trinajstić information content (AvgIpc) is 3.43. The summed E-state index contributed by atoms with van der Waals surface area (Å²) in [5.74, 6) is 1.67. The van der Waals surface area contributed by atoms with Gasteiger partial charge in [-0.3, -0.25) is 9.55 Å². The third-order valence-electron chi connectivity index (χ3n) is 5.16. The van der Waals surface area contributed by atoms with Crippen LogP contribution < -0.4 is 0 Å². The zero-order valence-corrected chi connectivity index (χ0v) is 17.4. The number of aromatic nitrogens is 6. The number of rotatable bonds is 5. The van der Waals surface area contributed by atoms with E-state index in [1.165, 1.54) is 30.8 Å². The van der Waals surface area contributed by atoms with Crippen molar-refractivity contribution in [2.24, 2.45) is 0 Å².